The maximum atomic E-state index is 10.3. The van der Waals surface area contributed by atoms with Crippen LogP contribution in [0.25, 0.3) is 0 Å². The molecule has 4 nitrogen and oxygen atoms in total. The number of isothiocyanates is 1. The standard InChI is InChI=1S/C4H6N2O2S/c5-2-1-4(7)8-6-3-9/h1-2,5H2. The van der Waals surface area contributed by atoms with E-state index in [1.54, 1.807) is 0 Å². The van der Waals surface area contributed by atoms with Crippen LogP contribution in [0.15, 0.2) is 5.16 Å². The van der Waals surface area contributed by atoms with Gasteiger partial charge in [0.1, 0.15) is 5.16 Å². The highest BCUT2D eigenvalue weighted by atomic mass is 32.1. The molecule has 0 radical (unpaired) electrons. The Kier molecular flexibility index (Phi) is 4.91. The van der Waals surface area contributed by atoms with Gasteiger partial charge in [0.25, 0.3) is 0 Å². The van der Waals surface area contributed by atoms with E-state index in [0.717, 1.165) is 0 Å². The van der Waals surface area contributed by atoms with Gasteiger partial charge in [0.15, 0.2) is 0 Å². The maximum Gasteiger partial charge on any atom is 0.337 e. The first-order chi connectivity index (χ1) is 4.31. The van der Waals surface area contributed by atoms with E-state index in [1.165, 1.54) is 0 Å². The Morgan fingerprint density at radius 2 is 2.56 bits per heavy atom. The first-order valence-corrected chi connectivity index (χ1v) is 2.69. The summed E-state index contributed by atoms with van der Waals surface area (Å²) >= 11 is 4.13. The number of thiocarbonyl (C=S) groups is 1. The molecule has 9 heavy (non-hydrogen) atoms. The lowest BCUT2D eigenvalue weighted by Crippen LogP contribution is -2.08. The molecule has 50 valence electrons. The largest absolute Gasteiger partial charge is 0.337 e. The Hall–Kier alpha value is -0.770. The Morgan fingerprint density at radius 3 is 3.00 bits per heavy atom. The van der Waals surface area contributed by atoms with Crippen molar-refractivity contribution in [1.82, 2.24) is 0 Å². The van der Waals surface area contributed by atoms with Gasteiger partial charge in [-0.2, -0.15) is 0 Å². The average Bonchev–Trinajstić information content (AvgIpc) is 1.85. The van der Waals surface area contributed by atoms with Crippen LogP contribution in [-0.2, 0) is 9.63 Å². The molecule has 0 unspecified atom stereocenters. The van der Waals surface area contributed by atoms with Gasteiger partial charge in [-0.05, 0) is 17.4 Å². The first-order valence-electron chi connectivity index (χ1n) is 2.28. The van der Waals surface area contributed by atoms with Gasteiger partial charge in [-0.25, -0.2) is 4.79 Å². The number of carbonyl (C=O) groups excluding carboxylic acids is 1. The smallest absolute Gasteiger partial charge is 0.330 e. The molecule has 0 aliphatic carbocycles. The van der Waals surface area contributed by atoms with Gasteiger partial charge >= 0.3 is 5.97 Å². The molecule has 5 heteroatoms. The zero-order valence-corrected chi connectivity index (χ0v) is 5.48. The number of hydrogen-bond donors (Lipinski definition) is 1. The van der Waals surface area contributed by atoms with Crippen LogP contribution in [0, 0.1) is 0 Å². The highest BCUT2D eigenvalue weighted by molar-refractivity contribution is 7.78. The summed E-state index contributed by atoms with van der Waals surface area (Å²) in [7, 11) is 0. The van der Waals surface area contributed by atoms with Crippen LogP contribution in [0.3, 0.4) is 0 Å². The van der Waals surface area contributed by atoms with Crippen LogP contribution in [0.5, 0.6) is 0 Å². The molecule has 0 aromatic carbocycles. The molecule has 0 saturated carbocycles. The molecule has 0 aliphatic rings. The number of nitrogens with two attached hydrogens (primary N) is 1. The number of rotatable bonds is 3. The second kappa shape index (κ2) is 5.37. The molecule has 2 N–H and O–H groups in total. The second-order valence-electron chi connectivity index (χ2n) is 1.18. The Balaban J connectivity index is 3.38. The summed E-state index contributed by atoms with van der Waals surface area (Å²) in [6, 6.07) is 0. The van der Waals surface area contributed by atoms with Gasteiger partial charge in [0.05, 0.1) is 6.42 Å². The van der Waals surface area contributed by atoms with Crippen LogP contribution >= 0.6 is 12.2 Å². The number of carbonyl (C=O) groups is 1. The average molecular weight is 146 g/mol. The molecule has 0 amide bonds. The van der Waals surface area contributed by atoms with Gasteiger partial charge in [0, 0.05) is 6.54 Å². The summed E-state index contributed by atoms with van der Waals surface area (Å²) in [6.07, 6.45) is 0.153. The van der Waals surface area contributed by atoms with Crippen molar-refractivity contribution in [3.63, 3.8) is 0 Å². The van der Waals surface area contributed by atoms with Crippen molar-refractivity contribution in [2.75, 3.05) is 6.54 Å². The van der Waals surface area contributed by atoms with Crippen molar-refractivity contribution in [3.05, 3.63) is 0 Å². The van der Waals surface area contributed by atoms with Crippen LogP contribution in [0.2, 0.25) is 0 Å². The monoisotopic (exact) mass is 146 g/mol. The molecule has 0 bridgehead atoms. The van der Waals surface area contributed by atoms with E-state index in [2.05, 4.69) is 22.2 Å². The molecule has 0 fully saturated rings. The van der Waals surface area contributed by atoms with Gasteiger partial charge in [0.2, 0.25) is 0 Å². The fraction of sp³-hybridized carbons (Fsp3) is 0.500. The second-order valence-corrected chi connectivity index (χ2v) is 1.37. The van der Waals surface area contributed by atoms with E-state index in [0.29, 0.717) is 0 Å². The Bertz CT molecular complexity index is 142. The van der Waals surface area contributed by atoms with Crippen LogP contribution in [0.4, 0.5) is 0 Å². The molecule has 0 rings (SSSR count). The normalized spacial score (nSPS) is 7.67. The van der Waals surface area contributed by atoms with E-state index in [9.17, 15) is 4.79 Å². The topological polar surface area (TPSA) is 64.7 Å². The summed E-state index contributed by atoms with van der Waals surface area (Å²) in [4.78, 5) is 14.4. The van der Waals surface area contributed by atoms with Gasteiger partial charge < -0.3 is 10.6 Å². The summed E-state index contributed by atoms with van der Waals surface area (Å²) < 4.78 is 0. The molecular weight excluding hydrogens is 140 g/mol. The zero-order valence-electron chi connectivity index (χ0n) is 4.66. The summed E-state index contributed by atoms with van der Waals surface area (Å²) in [5.74, 6) is -0.491. The predicted octanol–water partition coefficient (Wildman–Crippen LogP) is -0.104. The highest BCUT2D eigenvalue weighted by Gasteiger charge is 1.97. The first kappa shape index (κ1) is 8.23. The molecule has 0 saturated heterocycles. The summed E-state index contributed by atoms with van der Waals surface area (Å²) in [5.41, 5.74) is 5.01. The van der Waals surface area contributed by atoms with E-state index in [4.69, 9.17) is 5.73 Å². The molecular formula is C4H6N2O2S. The van der Waals surface area contributed by atoms with Crippen molar-refractivity contribution < 1.29 is 9.63 Å². The lowest BCUT2D eigenvalue weighted by atomic mass is 10.5. The lowest BCUT2D eigenvalue weighted by molar-refractivity contribution is -0.143. The Labute approximate surface area is 57.7 Å². The maximum absolute atomic E-state index is 10.3. The molecule has 0 aromatic rings. The van der Waals surface area contributed by atoms with E-state index >= 15 is 0 Å². The van der Waals surface area contributed by atoms with E-state index in [-0.39, 0.29) is 13.0 Å². The minimum atomic E-state index is -0.491. The third-order valence-corrected chi connectivity index (χ3v) is 0.608. The molecule has 0 aliphatic heterocycles. The number of hydrogen-bond acceptors (Lipinski definition) is 5. The highest BCUT2D eigenvalue weighted by Crippen LogP contribution is 1.81. The van der Waals surface area contributed by atoms with Crippen LogP contribution in [0.1, 0.15) is 6.42 Å². The minimum absolute atomic E-state index is 0.153. The van der Waals surface area contributed by atoms with Crippen LogP contribution in [-0.4, -0.2) is 17.7 Å². The quantitative estimate of drug-likeness (QED) is 0.261. The third kappa shape index (κ3) is 5.10. The Morgan fingerprint density at radius 1 is 1.89 bits per heavy atom. The van der Waals surface area contributed by atoms with Gasteiger partial charge in [-0.1, -0.05) is 0 Å². The molecule has 0 aromatic heterocycles. The zero-order chi connectivity index (χ0) is 7.11. The van der Waals surface area contributed by atoms with Crippen molar-refractivity contribution in [1.29, 1.82) is 0 Å². The summed E-state index contributed by atoms with van der Waals surface area (Å²) in [5, 5.41) is 4.83. The molecule has 0 spiro atoms. The van der Waals surface area contributed by atoms with Crippen molar-refractivity contribution >= 4 is 23.3 Å². The van der Waals surface area contributed by atoms with Crippen molar-refractivity contribution in [2.45, 2.75) is 6.42 Å². The lowest BCUT2D eigenvalue weighted by Gasteiger charge is -1.89. The van der Waals surface area contributed by atoms with Crippen LogP contribution < -0.4 is 5.73 Å². The fourth-order valence-electron chi connectivity index (χ4n) is 0.233. The van der Waals surface area contributed by atoms with Crippen molar-refractivity contribution in [2.24, 2.45) is 10.9 Å². The minimum Gasteiger partial charge on any atom is -0.330 e. The van der Waals surface area contributed by atoms with E-state index in [1.807, 2.05) is 5.16 Å². The van der Waals surface area contributed by atoms with Crippen molar-refractivity contribution in [3.8, 4) is 0 Å². The fourth-order valence-corrected chi connectivity index (χ4v) is 0.270. The van der Waals surface area contributed by atoms with E-state index < -0.39 is 5.97 Å². The van der Waals surface area contributed by atoms with Gasteiger partial charge in [-0.3, -0.25) is 0 Å². The third-order valence-electron chi connectivity index (χ3n) is 0.533. The molecule has 0 atom stereocenters. The predicted molar refractivity (Wildman–Crippen MR) is 34.8 cm³/mol. The summed E-state index contributed by atoms with van der Waals surface area (Å²) in [6.45, 7) is 0.256. The number of nitrogens with zero attached hydrogens (tertiary/aromatic N) is 1. The molecule has 0 heterocycles. The van der Waals surface area contributed by atoms with Gasteiger partial charge in [-0.15, -0.1) is 0 Å². The SMILES string of the molecule is NCCC(=O)ON=C=S.